The minimum atomic E-state index is -1.19. The monoisotopic (exact) mass is 232 g/mol. The molecule has 0 saturated carbocycles. The van der Waals surface area contributed by atoms with Gasteiger partial charge in [-0.15, -0.1) is 5.73 Å². The van der Waals surface area contributed by atoms with Gasteiger partial charge in [-0.05, 0) is 44.1 Å². The van der Waals surface area contributed by atoms with Crippen LogP contribution in [0.1, 0.15) is 20.8 Å². The third-order valence-corrected chi connectivity index (χ3v) is 3.42. The first-order valence-electron chi connectivity index (χ1n) is 5.09. The average Bonchev–Trinajstić information content (AvgIpc) is 2.25. The Bertz CT molecular complexity index is 473. The molecule has 0 saturated heterocycles. The highest BCUT2D eigenvalue weighted by Crippen LogP contribution is 2.19. The molecule has 1 unspecified atom stereocenters. The standard InChI is InChI=1S/C14H16OS/c1-11(2)10-14(12(3)4)16(15)13-8-6-5-7-9-13/h5-9H,3H2,1-2,4H3. The average molecular weight is 232 g/mol. The summed E-state index contributed by atoms with van der Waals surface area (Å²) in [4.78, 5) is 1.46. The molecule has 0 amide bonds. The van der Waals surface area contributed by atoms with Gasteiger partial charge in [0.15, 0.2) is 0 Å². The molecule has 2 heteroatoms. The van der Waals surface area contributed by atoms with Crippen molar-refractivity contribution in [2.75, 3.05) is 0 Å². The van der Waals surface area contributed by atoms with E-state index in [9.17, 15) is 4.21 Å². The van der Waals surface area contributed by atoms with Crippen LogP contribution < -0.4 is 0 Å². The van der Waals surface area contributed by atoms with Crippen LogP contribution in [0.4, 0.5) is 0 Å². The molecule has 0 aliphatic carbocycles. The van der Waals surface area contributed by atoms with Gasteiger partial charge in [-0.25, -0.2) is 4.21 Å². The van der Waals surface area contributed by atoms with E-state index in [0.717, 1.165) is 16.0 Å². The van der Waals surface area contributed by atoms with Gasteiger partial charge < -0.3 is 0 Å². The lowest BCUT2D eigenvalue weighted by Crippen LogP contribution is -1.96. The van der Waals surface area contributed by atoms with Gasteiger partial charge in [0.05, 0.1) is 15.7 Å². The molecule has 0 spiro atoms. The summed E-state index contributed by atoms with van der Waals surface area (Å²) in [7, 11) is -1.19. The third kappa shape index (κ3) is 3.34. The Kier molecular flexibility index (Phi) is 4.48. The fraction of sp³-hybridized carbons (Fsp3) is 0.214. The molecule has 0 bridgehead atoms. The molecule has 0 radical (unpaired) electrons. The Morgan fingerprint density at radius 1 is 1.19 bits per heavy atom. The van der Waals surface area contributed by atoms with Crippen LogP contribution in [0.3, 0.4) is 0 Å². The van der Waals surface area contributed by atoms with Crippen molar-refractivity contribution in [2.45, 2.75) is 25.7 Å². The minimum absolute atomic E-state index is 0.672. The molecule has 0 fully saturated rings. The second-order valence-electron chi connectivity index (χ2n) is 3.82. The SMILES string of the molecule is C=C(C)C(=C=C(C)C)S(=O)c1ccccc1. The summed E-state index contributed by atoms with van der Waals surface area (Å²) in [5.41, 5.74) is 4.91. The van der Waals surface area contributed by atoms with Crippen molar-refractivity contribution in [3.63, 3.8) is 0 Å². The van der Waals surface area contributed by atoms with E-state index in [0.29, 0.717) is 4.91 Å². The van der Waals surface area contributed by atoms with Crippen molar-refractivity contribution in [1.82, 2.24) is 0 Å². The van der Waals surface area contributed by atoms with Crippen molar-refractivity contribution >= 4 is 10.8 Å². The Morgan fingerprint density at radius 2 is 1.75 bits per heavy atom. The predicted molar refractivity (Wildman–Crippen MR) is 69.6 cm³/mol. The van der Waals surface area contributed by atoms with E-state index < -0.39 is 10.8 Å². The van der Waals surface area contributed by atoms with Gasteiger partial charge in [0.1, 0.15) is 0 Å². The Morgan fingerprint density at radius 3 is 2.19 bits per heavy atom. The molecule has 0 aliphatic heterocycles. The van der Waals surface area contributed by atoms with E-state index in [1.807, 2.05) is 51.1 Å². The summed E-state index contributed by atoms with van der Waals surface area (Å²) in [5.74, 6) is 0. The molecule has 0 heterocycles. The molecule has 84 valence electrons. The van der Waals surface area contributed by atoms with Crippen LogP contribution in [0.25, 0.3) is 0 Å². The lowest BCUT2D eigenvalue weighted by molar-refractivity contribution is 0.687. The first-order valence-corrected chi connectivity index (χ1v) is 6.24. The van der Waals surface area contributed by atoms with Crippen molar-refractivity contribution < 1.29 is 4.21 Å². The molecule has 1 aromatic rings. The van der Waals surface area contributed by atoms with Crippen LogP contribution in [-0.2, 0) is 10.8 Å². The highest BCUT2D eigenvalue weighted by atomic mass is 32.2. The van der Waals surface area contributed by atoms with Crippen molar-refractivity contribution in [1.29, 1.82) is 0 Å². The van der Waals surface area contributed by atoms with Crippen LogP contribution in [0, 0.1) is 0 Å². The van der Waals surface area contributed by atoms with Crippen LogP contribution in [0.5, 0.6) is 0 Å². The zero-order chi connectivity index (χ0) is 12.1. The molecule has 1 rings (SSSR count). The van der Waals surface area contributed by atoms with Gasteiger partial charge in [-0.2, -0.15) is 0 Å². The van der Waals surface area contributed by atoms with Gasteiger partial charge in [-0.3, -0.25) is 0 Å². The number of benzene rings is 1. The van der Waals surface area contributed by atoms with Crippen LogP contribution >= 0.6 is 0 Å². The maximum atomic E-state index is 12.3. The topological polar surface area (TPSA) is 17.1 Å². The van der Waals surface area contributed by atoms with E-state index in [2.05, 4.69) is 12.3 Å². The van der Waals surface area contributed by atoms with Gasteiger partial charge >= 0.3 is 0 Å². The summed E-state index contributed by atoms with van der Waals surface area (Å²) in [6, 6.07) is 9.38. The molecule has 0 N–H and O–H groups in total. The molecule has 1 nitrogen and oxygen atoms in total. The van der Waals surface area contributed by atoms with Crippen LogP contribution in [0.2, 0.25) is 0 Å². The van der Waals surface area contributed by atoms with E-state index in [4.69, 9.17) is 0 Å². The van der Waals surface area contributed by atoms with Crippen molar-refractivity contribution in [3.8, 4) is 0 Å². The quantitative estimate of drug-likeness (QED) is 0.572. The van der Waals surface area contributed by atoms with Gasteiger partial charge in [0.2, 0.25) is 0 Å². The Balaban J connectivity index is 3.24. The summed E-state index contributed by atoms with van der Waals surface area (Å²) >= 11 is 0. The summed E-state index contributed by atoms with van der Waals surface area (Å²) in [5, 5.41) is 0. The maximum Gasteiger partial charge on any atom is 0.0931 e. The van der Waals surface area contributed by atoms with E-state index >= 15 is 0 Å². The summed E-state index contributed by atoms with van der Waals surface area (Å²) in [6.45, 7) is 9.57. The van der Waals surface area contributed by atoms with Gasteiger partial charge in [0.25, 0.3) is 0 Å². The largest absolute Gasteiger partial charge is 0.248 e. The zero-order valence-electron chi connectivity index (χ0n) is 9.91. The van der Waals surface area contributed by atoms with Crippen LogP contribution in [0.15, 0.2) is 63.6 Å². The molecule has 1 atom stereocenters. The predicted octanol–water partition coefficient (Wildman–Crippen LogP) is 3.82. The first-order chi connectivity index (χ1) is 7.52. The lowest BCUT2D eigenvalue weighted by atomic mass is 10.3. The van der Waals surface area contributed by atoms with E-state index in [1.54, 1.807) is 0 Å². The second kappa shape index (κ2) is 5.64. The summed E-state index contributed by atoms with van der Waals surface area (Å²) < 4.78 is 12.3. The normalized spacial score (nSPS) is 11.4. The molecule has 0 aromatic heterocycles. The zero-order valence-corrected chi connectivity index (χ0v) is 10.7. The fourth-order valence-electron chi connectivity index (χ4n) is 1.20. The molecule has 1 aromatic carbocycles. The van der Waals surface area contributed by atoms with Crippen molar-refractivity contribution in [3.05, 3.63) is 58.7 Å². The Labute approximate surface area is 99.7 Å². The van der Waals surface area contributed by atoms with Gasteiger partial charge in [0, 0.05) is 4.90 Å². The van der Waals surface area contributed by atoms with Crippen molar-refractivity contribution in [2.24, 2.45) is 0 Å². The molecular formula is C14H16OS. The number of hydrogen-bond acceptors (Lipinski definition) is 1. The lowest BCUT2D eigenvalue weighted by Gasteiger charge is -2.04. The number of rotatable bonds is 3. The number of allylic oxidation sites excluding steroid dienone is 1. The molecular weight excluding hydrogens is 216 g/mol. The van der Waals surface area contributed by atoms with E-state index in [-0.39, 0.29) is 0 Å². The smallest absolute Gasteiger partial charge is 0.0931 e. The fourth-order valence-corrected chi connectivity index (χ4v) is 2.45. The maximum absolute atomic E-state index is 12.3. The molecule has 16 heavy (non-hydrogen) atoms. The Hall–Kier alpha value is -1.37. The second-order valence-corrected chi connectivity index (χ2v) is 5.23. The first kappa shape index (κ1) is 12.7. The summed E-state index contributed by atoms with van der Waals surface area (Å²) in [6.07, 6.45) is 0. The highest BCUT2D eigenvalue weighted by molar-refractivity contribution is 7.89. The third-order valence-electron chi connectivity index (χ3n) is 1.89. The molecule has 0 aliphatic rings. The highest BCUT2D eigenvalue weighted by Gasteiger charge is 2.10. The van der Waals surface area contributed by atoms with Gasteiger partial charge in [-0.1, -0.05) is 24.8 Å². The minimum Gasteiger partial charge on any atom is -0.248 e. The van der Waals surface area contributed by atoms with E-state index in [1.165, 1.54) is 0 Å². The number of hydrogen-bond donors (Lipinski definition) is 0. The van der Waals surface area contributed by atoms with Crippen LogP contribution in [-0.4, -0.2) is 4.21 Å².